The Morgan fingerprint density at radius 2 is 2.14 bits per heavy atom. The number of aromatic amines is 1. The predicted molar refractivity (Wildman–Crippen MR) is 77.7 cm³/mol. The molecule has 0 aromatic carbocycles. The molecule has 1 aliphatic rings. The Labute approximate surface area is 121 Å². The number of aliphatic carboxylic acids is 1. The van der Waals surface area contributed by atoms with Gasteiger partial charge in [-0.1, -0.05) is 19.3 Å². The number of H-pyrrole nitrogens is 1. The van der Waals surface area contributed by atoms with Crippen molar-refractivity contribution in [2.75, 3.05) is 0 Å². The summed E-state index contributed by atoms with van der Waals surface area (Å²) in [6.07, 6.45) is 5.66. The quantitative estimate of drug-likeness (QED) is 0.904. The van der Waals surface area contributed by atoms with Gasteiger partial charge >= 0.3 is 5.97 Å². The summed E-state index contributed by atoms with van der Waals surface area (Å²) in [5.74, 6) is -0.570. The van der Waals surface area contributed by atoms with E-state index in [2.05, 4.69) is 10.1 Å². The molecule has 0 unspecified atom stereocenters. The summed E-state index contributed by atoms with van der Waals surface area (Å²) in [6.45, 7) is 1.69. The first-order valence-electron chi connectivity index (χ1n) is 7.39. The lowest BCUT2D eigenvalue weighted by atomic mass is 9.87. The van der Waals surface area contributed by atoms with Gasteiger partial charge in [-0.25, -0.2) is 9.50 Å². The summed E-state index contributed by atoms with van der Waals surface area (Å²) >= 11 is 0. The van der Waals surface area contributed by atoms with Gasteiger partial charge in [0.1, 0.15) is 0 Å². The highest BCUT2D eigenvalue weighted by Crippen LogP contribution is 2.31. The minimum Gasteiger partial charge on any atom is -0.481 e. The predicted octanol–water partition coefficient (Wildman–Crippen LogP) is 2.01. The highest BCUT2D eigenvalue weighted by molar-refractivity contribution is 5.70. The number of aromatic nitrogens is 3. The summed E-state index contributed by atoms with van der Waals surface area (Å²) < 4.78 is 1.38. The second-order valence-corrected chi connectivity index (χ2v) is 5.79. The monoisotopic (exact) mass is 289 g/mol. The summed E-state index contributed by atoms with van der Waals surface area (Å²) in [6, 6.07) is 1.93. The van der Waals surface area contributed by atoms with E-state index in [4.69, 9.17) is 5.11 Å². The third kappa shape index (κ3) is 2.57. The molecule has 6 heteroatoms. The number of nitrogens with one attached hydrogen (secondary N) is 1. The minimum absolute atomic E-state index is 0.247. The molecule has 0 aliphatic heterocycles. The van der Waals surface area contributed by atoms with E-state index < -0.39 is 5.97 Å². The molecular formula is C15H19N3O3. The molecule has 2 heterocycles. The van der Waals surface area contributed by atoms with Crippen molar-refractivity contribution in [2.45, 2.75) is 51.4 Å². The lowest BCUT2D eigenvalue weighted by Crippen LogP contribution is -2.24. The van der Waals surface area contributed by atoms with Crippen molar-refractivity contribution in [1.29, 1.82) is 0 Å². The molecule has 0 spiro atoms. The van der Waals surface area contributed by atoms with Crippen molar-refractivity contribution in [2.24, 2.45) is 0 Å². The zero-order valence-corrected chi connectivity index (χ0v) is 12.1. The molecule has 0 amide bonds. The summed E-state index contributed by atoms with van der Waals surface area (Å²) in [7, 11) is 0. The molecule has 1 saturated carbocycles. The van der Waals surface area contributed by atoms with Crippen LogP contribution in [-0.4, -0.2) is 25.7 Å². The smallest absolute Gasteiger partial charge is 0.308 e. The third-order valence-corrected chi connectivity index (χ3v) is 4.31. The normalized spacial score (nSPS) is 16.4. The SMILES string of the molecule is Cc1nc2cc(C3CCCCC3)[nH]n2c(=O)c1CC(=O)O. The van der Waals surface area contributed by atoms with Gasteiger partial charge in [0.2, 0.25) is 0 Å². The number of hydrogen-bond donors (Lipinski definition) is 2. The van der Waals surface area contributed by atoms with Gasteiger partial charge < -0.3 is 5.11 Å². The molecule has 0 saturated heterocycles. The van der Waals surface area contributed by atoms with Crippen LogP contribution in [0.1, 0.15) is 55.0 Å². The van der Waals surface area contributed by atoms with E-state index in [0.717, 1.165) is 18.5 Å². The van der Waals surface area contributed by atoms with Crippen LogP contribution in [0.4, 0.5) is 0 Å². The number of hydrogen-bond acceptors (Lipinski definition) is 3. The molecule has 1 aliphatic carbocycles. The fraction of sp³-hybridized carbons (Fsp3) is 0.533. The van der Waals surface area contributed by atoms with Crippen LogP contribution in [0.5, 0.6) is 0 Å². The third-order valence-electron chi connectivity index (χ3n) is 4.31. The molecule has 0 bridgehead atoms. The molecule has 3 rings (SSSR count). The minimum atomic E-state index is -1.02. The van der Waals surface area contributed by atoms with E-state index in [-0.39, 0.29) is 17.5 Å². The Bertz CT molecular complexity index is 738. The second kappa shape index (κ2) is 5.35. The topological polar surface area (TPSA) is 87.5 Å². The zero-order valence-electron chi connectivity index (χ0n) is 12.1. The first-order valence-corrected chi connectivity index (χ1v) is 7.39. The van der Waals surface area contributed by atoms with E-state index in [9.17, 15) is 9.59 Å². The Balaban J connectivity index is 2.06. The van der Waals surface area contributed by atoms with Gasteiger partial charge in [-0.2, -0.15) is 0 Å². The van der Waals surface area contributed by atoms with Crippen LogP contribution in [-0.2, 0) is 11.2 Å². The second-order valence-electron chi connectivity index (χ2n) is 5.79. The van der Waals surface area contributed by atoms with Crippen LogP contribution in [0.2, 0.25) is 0 Å². The fourth-order valence-corrected chi connectivity index (χ4v) is 3.17. The Morgan fingerprint density at radius 1 is 1.43 bits per heavy atom. The van der Waals surface area contributed by atoms with Crippen LogP contribution in [0, 0.1) is 6.92 Å². The number of nitrogens with zero attached hydrogens (tertiary/aromatic N) is 2. The standard InChI is InChI=1S/C15H19N3O3/c1-9-11(7-14(19)20)15(21)18-13(16-9)8-12(17-18)10-5-3-2-4-6-10/h8,10,17H,2-7H2,1H3,(H,19,20). The molecular weight excluding hydrogens is 270 g/mol. The fourth-order valence-electron chi connectivity index (χ4n) is 3.17. The first-order chi connectivity index (χ1) is 10.1. The van der Waals surface area contributed by atoms with Crippen molar-refractivity contribution in [3.05, 3.63) is 33.4 Å². The van der Waals surface area contributed by atoms with E-state index in [1.165, 1.54) is 23.8 Å². The molecule has 1 fully saturated rings. The molecule has 0 radical (unpaired) electrons. The summed E-state index contributed by atoms with van der Waals surface area (Å²) in [5, 5.41) is 12.0. The van der Waals surface area contributed by atoms with Gasteiger partial charge in [-0.15, -0.1) is 0 Å². The highest BCUT2D eigenvalue weighted by Gasteiger charge is 2.20. The number of rotatable bonds is 3. The van der Waals surface area contributed by atoms with Crippen molar-refractivity contribution >= 4 is 11.6 Å². The van der Waals surface area contributed by atoms with Gasteiger partial charge in [0.25, 0.3) is 5.56 Å². The van der Waals surface area contributed by atoms with E-state index in [1.54, 1.807) is 6.92 Å². The largest absolute Gasteiger partial charge is 0.481 e. The van der Waals surface area contributed by atoms with Crippen LogP contribution in [0.15, 0.2) is 10.9 Å². The summed E-state index contributed by atoms with van der Waals surface area (Å²) in [5.41, 5.74) is 2.05. The van der Waals surface area contributed by atoms with Crippen molar-refractivity contribution < 1.29 is 9.90 Å². The summed E-state index contributed by atoms with van der Waals surface area (Å²) in [4.78, 5) is 27.7. The molecule has 2 aromatic heterocycles. The maximum Gasteiger partial charge on any atom is 0.308 e. The van der Waals surface area contributed by atoms with Gasteiger partial charge in [-0.05, 0) is 19.8 Å². The van der Waals surface area contributed by atoms with Gasteiger partial charge in [0.15, 0.2) is 5.65 Å². The number of carboxylic acids is 1. The van der Waals surface area contributed by atoms with E-state index in [0.29, 0.717) is 17.3 Å². The molecule has 2 aromatic rings. The number of fused-ring (bicyclic) bond motifs is 1. The average molecular weight is 289 g/mol. The van der Waals surface area contributed by atoms with Gasteiger partial charge in [0, 0.05) is 23.4 Å². The van der Waals surface area contributed by atoms with Crippen molar-refractivity contribution in [3.63, 3.8) is 0 Å². The maximum absolute atomic E-state index is 12.4. The first kappa shape index (κ1) is 13.9. The van der Waals surface area contributed by atoms with Gasteiger partial charge in [-0.3, -0.25) is 14.7 Å². The Morgan fingerprint density at radius 3 is 2.81 bits per heavy atom. The average Bonchev–Trinajstić information content (AvgIpc) is 2.88. The van der Waals surface area contributed by atoms with E-state index in [1.807, 2.05) is 6.07 Å². The van der Waals surface area contributed by atoms with Crippen LogP contribution in [0.3, 0.4) is 0 Å². The lowest BCUT2D eigenvalue weighted by molar-refractivity contribution is -0.136. The number of carbonyl (C=O) groups is 1. The van der Waals surface area contributed by atoms with Gasteiger partial charge in [0.05, 0.1) is 12.0 Å². The molecule has 0 atom stereocenters. The van der Waals surface area contributed by atoms with Crippen LogP contribution in [0.25, 0.3) is 5.65 Å². The molecule has 21 heavy (non-hydrogen) atoms. The number of carboxylic acid groups (broad SMARTS) is 1. The molecule has 112 valence electrons. The number of aryl methyl sites for hydroxylation is 1. The lowest BCUT2D eigenvalue weighted by Gasteiger charge is -2.19. The van der Waals surface area contributed by atoms with Crippen molar-refractivity contribution in [3.8, 4) is 0 Å². The Hall–Kier alpha value is -2.11. The molecule has 6 nitrogen and oxygen atoms in total. The van der Waals surface area contributed by atoms with Crippen LogP contribution >= 0.6 is 0 Å². The molecule has 2 N–H and O–H groups in total. The Kier molecular flexibility index (Phi) is 3.53. The highest BCUT2D eigenvalue weighted by atomic mass is 16.4. The van der Waals surface area contributed by atoms with Crippen LogP contribution < -0.4 is 5.56 Å². The maximum atomic E-state index is 12.4. The zero-order chi connectivity index (χ0) is 15.0. The van der Waals surface area contributed by atoms with Crippen molar-refractivity contribution in [1.82, 2.24) is 14.6 Å². The van der Waals surface area contributed by atoms with E-state index >= 15 is 0 Å².